The SMILES string of the molecule is Cc1ccc(S(=O)(=O)N2C[C@H]3CC[C@@H](C2)C3N)s1.Cl. The monoisotopic (exact) mass is 322 g/mol. The van der Waals surface area contributed by atoms with Crippen LogP contribution >= 0.6 is 23.7 Å². The maximum absolute atomic E-state index is 12.5. The second-order valence-corrected chi connectivity index (χ2v) is 8.81. The topological polar surface area (TPSA) is 63.4 Å². The first-order valence-electron chi connectivity index (χ1n) is 6.30. The van der Waals surface area contributed by atoms with E-state index in [4.69, 9.17) is 5.73 Å². The molecule has 1 saturated carbocycles. The van der Waals surface area contributed by atoms with Gasteiger partial charge >= 0.3 is 0 Å². The van der Waals surface area contributed by atoms with Crippen LogP contribution in [-0.2, 0) is 10.0 Å². The van der Waals surface area contributed by atoms with Crippen molar-refractivity contribution in [1.82, 2.24) is 4.31 Å². The number of piperidine rings is 1. The largest absolute Gasteiger partial charge is 0.327 e. The molecule has 1 saturated heterocycles. The number of aryl methyl sites for hydroxylation is 1. The van der Waals surface area contributed by atoms with Crippen LogP contribution in [0.2, 0.25) is 0 Å². The minimum Gasteiger partial charge on any atom is -0.327 e. The summed E-state index contributed by atoms with van der Waals surface area (Å²) in [5, 5.41) is 0. The third-order valence-electron chi connectivity index (χ3n) is 4.18. The Bertz CT molecular complexity index is 544. The van der Waals surface area contributed by atoms with Gasteiger partial charge in [-0.25, -0.2) is 8.42 Å². The lowest BCUT2D eigenvalue weighted by Gasteiger charge is -2.34. The number of nitrogens with zero attached hydrogens (tertiary/aromatic N) is 1. The summed E-state index contributed by atoms with van der Waals surface area (Å²) < 4.78 is 27.2. The van der Waals surface area contributed by atoms with Gasteiger partial charge in [-0.05, 0) is 43.7 Å². The maximum Gasteiger partial charge on any atom is 0.252 e. The predicted octanol–water partition coefficient (Wildman–Crippen LogP) is 1.84. The highest BCUT2D eigenvalue weighted by atomic mass is 35.5. The van der Waals surface area contributed by atoms with E-state index < -0.39 is 10.0 Å². The molecule has 2 bridgehead atoms. The van der Waals surface area contributed by atoms with Crippen molar-refractivity contribution < 1.29 is 8.42 Å². The quantitative estimate of drug-likeness (QED) is 0.903. The molecular formula is C12H19ClN2O2S2. The summed E-state index contributed by atoms with van der Waals surface area (Å²) in [5.41, 5.74) is 6.11. The van der Waals surface area contributed by atoms with Gasteiger partial charge in [0.1, 0.15) is 4.21 Å². The summed E-state index contributed by atoms with van der Waals surface area (Å²) in [7, 11) is -3.29. The van der Waals surface area contributed by atoms with E-state index >= 15 is 0 Å². The average molecular weight is 323 g/mol. The average Bonchev–Trinajstić information content (AvgIpc) is 2.81. The van der Waals surface area contributed by atoms with Crippen molar-refractivity contribution in [3.05, 3.63) is 17.0 Å². The van der Waals surface area contributed by atoms with Crippen LogP contribution in [0, 0.1) is 18.8 Å². The van der Waals surface area contributed by atoms with E-state index in [1.54, 1.807) is 10.4 Å². The van der Waals surface area contributed by atoms with Crippen molar-refractivity contribution in [1.29, 1.82) is 0 Å². The molecule has 1 aromatic heterocycles. The molecule has 19 heavy (non-hydrogen) atoms. The van der Waals surface area contributed by atoms with E-state index in [-0.39, 0.29) is 18.4 Å². The molecular weight excluding hydrogens is 304 g/mol. The van der Waals surface area contributed by atoms with Crippen LogP contribution in [0.4, 0.5) is 0 Å². The smallest absolute Gasteiger partial charge is 0.252 e. The van der Waals surface area contributed by atoms with Crippen molar-refractivity contribution in [2.75, 3.05) is 13.1 Å². The van der Waals surface area contributed by atoms with E-state index in [9.17, 15) is 8.42 Å². The van der Waals surface area contributed by atoms with Gasteiger partial charge in [-0.1, -0.05) is 0 Å². The minimum absolute atomic E-state index is 0. The van der Waals surface area contributed by atoms with Crippen molar-refractivity contribution in [3.63, 3.8) is 0 Å². The Kier molecular flexibility index (Phi) is 4.28. The third kappa shape index (κ3) is 2.56. The molecule has 3 atom stereocenters. The first-order valence-corrected chi connectivity index (χ1v) is 8.56. The van der Waals surface area contributed by atoms with Gasteiger partial charge in [-0.3, -0.25) is 0 Å². The van der Waals surface area contributed by atoms with Crippen molar-refractivity contribution in [2.24, 2.45) is 17.6 Å². The van der Waals surface area contributed by atoms with E-state index in [1.807, 2.05) is 13.0 Å². The van der Waals surface area contributed by atoms with Crippen molar-refractivity contribution in [3.8, 4) is 0 Å². The Labute approximate surface area is 124 Å². The summed E-state index contributed by atoms with van der Waals surface area (Å²) in [6.45, 7) is 3.12. The minimum atomic E-state index is -3.29. The molecule has 2 aliphatic rings. The number of nitrogens with two attached hydrogens (primary N) is 1. The number of rotatable bonds is 2. The first-order chi connectivity index (χ1) is 8.48. The zero-order chi connectivity index (χ0) is 12.9. The first kappa shape index (κ1) is 15.3. The lowest BCUT2D eigenvalue weighted by Crippen LogP contribution is -2.50. The molecule has 2 fully saturated rings. The molecule has 1 aliphatic heterocycles. The Balaban J connectivity index is 0.00000133. The number of thiophene rings is 1. The molecule has 1 aliphatic carbocycles. The molecule has 1 unspecified atom stereocenters. The van der Waals surface area contributed by atoms with Crippen LogP contribution < -0.4 is 5.73 Å². The summed E-state index contributed by atoms with van der Waals surface area (Å²) in [6.07, 6.45) is 2.14. The lowest BCUT2D eigenvalue weighted by molar-refractivity contribution is 0.228. The van der Waals surface area contributed by atoms with Crippen molar-refractivity contribution in [2.45, 2.75) is 30.0 Å². The molecule has 108 valence electrons. The van der Waals surface area contributed by atoms with Crippen LogP contribution in [0.1, 0.15) is 17.7 Å². The van der Waals surface area contributed by atoms with Crippen LogP contribution in [0.15, 0.2) is 16.3 Å². The molecule has 7 heteroatoms. The Morgan fingerprint density at radius 1 is 1.26 bits per heavy atom. The van der Waals surface area contributed by atoms with Crippen LogP contribution in [-0.4, -0.2) is 31.9 Å². The molecule has 0 aromatic carbocycles. The Morgan fingerprint density at radius 3 is 2.32 bits per heavy atom. The number of fused-ring (bicyclic) bond motifs is 2. The molecule has 2 heterocycles. The summed E-state index contributed by atoms with van der Waals surface area (Å²) in [4.78, 5) is 1.03. The van der Waals surface area contributed by atoms with Gasteiger partial charge in [0.25, 0.3) is 10.0 Å². The van der Waals surface area contributed by atoms with Gasteiger partial charge in [0.15, 0.2) is 0 Å². The number of halogens is 1. The molecule has 0 spiro atoms. The summed E-state index contributed by atoms with van der Waals surface area (Å²) in [6, 6.07) is 3.77. The van der Waals surface area contributed by atoms with E-state index in [0.29, 0.717) is 29.1 Å². The number of sulfonamides is 1. The van der Waals surface area contributed by atoms with Crippen LogP contribution in [0.5, 0.6) is 0 Å². The zero-order valence-corrected chi connectivity index (χ0v) is 13.2. The van der Waals surface area contributed by atoms with Gasteiger partial charge in [-0.2, -0.15) is 4.31 Å². The second kappa shape index (κ2) is 5.33. The van der Waals surface area contributed by atoms with Gasteiger partial charge < -0.3 is 5.73 Å². The highest BCUT2D eigenvalue weighted by Gasteiger charge is 2.43. The lowest BCUT2D eigenvalue weighted by atomic mass is 9.95. The highest BCUT2D eigenvalue weighted by Crippen LogP contribution is 2.38. The van der Waals surface area contributed by atoms with Gasteiger partial charge in [0, 0.05) is 24.0 Å². The molecule has 2 N–H and O–H groups in total. The predicted molar refractivity (Wildman–Crippen MR) is 79.3 cm³/mol. The maximum atomic E-state index is 12.5. The van der Waals surface area contributed by atoms with Crippen LogP contribution in [0.25, 0.3) is 0 Å². The fraction of sp³-hybridized carbons (Fsp3) is 0.667. The molecule has 0 amide bonds. The Hall–Kier alpha value is -0.140. The molecule has 0 radical (unpaired) electrons. The highest BCUT2D eigenvalue weighted by molar-refractivity contribution is 7.91. The summed E-state index contributed by atoms with van der Waals surface area (Å²) >= 11 is 1.35. The molecule has 3 rings (SSSR count). The number of hydrogen-bond donors (Lipinski definition) is 1. The second-order valence-electron chi connectivity index (χ2n) is 5.36. The van der Waals surface area contributed by atoms with Crippen molar-refractivity contribution >= 4 is 33.8 Å². The molecule has 4 nitrogen and oxygen atoms in total. The van der Waals surface area contributed by atoms with Gasteiger partial charge in [0.05, 0.1) is 0 Å². The van der Waals surface area contributed by atoms with E-state index in [2.05, 4.69) is 0 Å². The normalized spacial score (nSPS) is 31.2. The standard InChI is InChI=1S/C12H18N2O2S2.ClH/c1-8-2-5-11(17-8)18(15,16)14-6-9-3-4-10(7-14)12(9)13;/h2,5,9-10,12H,3-4,6-7,13H2,1H3;1H/t9-,10+,12?;. The van der Waals surface area contributed by atoms with E-state index in [1.165, 1.54) is 11.3 Å². The molecule has 1 aromatic rings. The fourth-order valence-electron chi connectivity index (χ4n) is 3.10. The third-order valence-corrected chi connectivity index (χ3v) is 7.48. The van der Waals surface area contributed by atoms with Crippen LogP contribution in [0.3, 0.4) is 0 Å². The summed E-state index contributed by atoms with van der Waals surface area (Å²) in [5.74, 6) is 0.694. The Morgan fingerprint density at radius 2 is 1.84 bits per heavy atom. The zero-order valence-electron chi connectivity index (χ0n) is 10.8. The fourth-order valence-corrected chi connectivity index (χ4v) is 6.09. The van der Waals surface area contributed by atoms with E-state index in [0.717, 1.165) is 17.7 Å². The van der Waals surface area contributed by atoms with Gasteiger partial charge in [0.2, 0.25) is 0 Å². The number of hydrogen-bond acceptors (Lipinski definition) is 4. The van der Waals surface area contributed by atoms with Gasteiger partial charge in [-0.15, -0.1) is 23.7 Å².